The van der Waals surface area contributed by atoms with Gasteiger partial charge in [-0.3, -0.25) is 0 Å². The van der Waals surface area contributed by atoms with Gasteiger partial charge in [0, 0.05) is 35.3 Å². The topological polar surface area (TPSA) is 118 Å². The third-order valence-corrected chi connectivity index (χ3v) is 7.81. The molecule has 0 saturated carbocycles. The quantitative estimate of drug-likeness (QED) is 0.549. The van der Waals surface area contributed by atoms with Crippen molar-refractivity contribution in [2.24, 2.45) is 5.41 Å². The van der Waals surface area contributed by atoms with Crippen molar-refractivity contribution in [1.29, 1.82) is 5.41 Å². The lowest BCUT2D eigenvalue weighted by Crippen LogP contribution is -2.43. The number of aromatic nitrogens is 3. The van der Waals surface area contributed by atoms with Gasteiger partial charge in [-0.05, 0) is 36.5 Å². The summed E-state index contributed by atoms with van der Waals surface area (Å²) >= 11 is 7.55. The second-order valence-corrected chi connectivity index (χ2v) is 9.41. The van der Waals surface area contributed by atoms with Crippen LogP contribution in [0.2, 0.25) is 5.02 Å². The van der Waals surface area contributed by atoms with Gasteiger partial charge in [-0.1, -0.05) is 47.6 Å². The summed E-state index contributed by atoms with van der Waals surface area (Å²) in [6.07, 6.45) is 6.15. The molecule has 3 heterocycles. The van der Waals surface area contributed by atoms with E-state index >= 15 is 0 Å². The van der Waals surface area contributed by atoms with Crippen LogP contribution in [0.3, 0.4) is 0 Å². The third-order valence-electron chi connectivity index (χ3n) is 6.23. The van der Waals surface area contributed by atoms with Crippen molar-refractivity contribution in [3.05, 3.63) is 58.9 Å². The molecule has 2 aromatic heterocycles. The van der Waals surface area contributed by atoms with Crippen LogP contribution in [0.25, 0.3) is 0 Å². The van der Waals surface area contributed by atoms with Crippen LogP contribution in [-0.2, 0) is 6.42 Å². The number of piperidine rings is 1. The molecule has 0 amide bonds. The second-order valence-electron chi connectivity index (χ2n) is 8.01. The molecule has 0 radical (unpaired) electrons. The lowest BCUT2D eigenvalue weighted by atomic mass is 9.74. The molecule has 7 nitrogen and oxygen atoms in total. The van der Waals surface area contributed by atoms with Crippen molar-refractivity contribution >= 4 is 46.5 Å². The van der Waals surface area contributed by atoms with Gasteiger partial charge in [0.25, 0.3) is 0 Å². The van der Waals surface area contributed by atoms with Crippen LogP contribution in [0.1, 0.15) is 24.0 Å². The molecule has 0 atom stereocenters. The Morgan fingerprint density at radius 2 is 1.84 bits per heavy atom. The summed E-state index contributed by atoms with van der Waals surface area (Å²) in [4.78, 5) is 16.0. The minimum Gasteiger partial charge on any atom is -0.382 e. The molecule has 31 heavy (non-hydrogen) atoms. The van der Waals surface area contributed by atoms with Crippen molar-refractivity contribution in [3.8, 4) is 0 Å². The van der Waals surface area contributed by atoms with Gasteiger partial charge in [0.1, 0.15) is 16.7 Å². The molecule has 0 bridgehead atoms. The summed E-state index contributed by atoms with van der Waals surface area (Å²) in [5.41, 5.74) is 15.1. The van der Waals surface area contributed by atoms with E-state index in [0.717, 1.165) is 54.3 Å². The average Bonchev–Trinajstić information content (AvgIpc) is 3.05. The zero-order valence-corrected chi connectivity index (χ0v) is 18.4. The molecule has 1 spiro atoms. The monoisotopic (exact) mass is 451 g/mol. The van der Waals surface area contributed by atoms with E-state index in [9.17, 15) is 0 Å². The van der Waals surface area contributed by atoms with Crippen LogP contribution in [0, 0.1) is 10.8 Å². The Morgan fingerprint density at radius 1 is 1.06 bits per heavy atom. The number of hydrogen-bond acceptors (Lipinski definition) is 8. The van der Waals surface area contributed by atoms with Gasteiger partial charge >= 0.3 is 0 Å². The molecular formula is C22H22ClN7S. The molecule has 1 aliphatic carbocycles. The van der Waals surface area contributed by atoms with E-state index in [-0.39, 0.29) is 11.2 Å². The highest BCUT2D eigenvalue weighted by molar-refractivity contribution is 7.99. The Labute approximate surface area is 189 Å². The van der Waals surface area contributed by atoms with Crippen molar-refractivity contribution in [1.82, 2.24) is 15.0 Å². The molecule has 1 aliphatic heterocycles. The zero-order valence-electron chi connectivity index (χ0n) is 16.8. The fourth-order valence-electron chi connectivity index (χ4n) is 4.49. The van der Waals surface area contributed by atoms with Gasteiger partial charge in [-0.15, -0.1) is 0 Å². The second kappa shape index (κ2) is 7.69. The van der Waals surface area contributed by atoms with Crippen LogP contribution in [-0.4, -0.2) is 33.8 Å². The summed E-state index contributed by atoms with van der Waals surface area (Å²) in [5, 5.41) is 9.72. The van der Waals surface area contributed by atoms with Crippen LogP contribution >= 0.6 is 23.4 Å². The Balaban J connectivity index is 1.30. The third kappa shape index (κ3) is 3.49. The first kappa shape index (κ1) is 20.1. The highest BCUT2D eigenvalue weighted by Gasteiger charge is 2.44. The number of nitrogen functional groups attached to an aromatic ring is 2. The normalized spacial score (nSPS) is 17.2. The molecule has 158 valence electrons. The van der Waals surface area contributed by atoms with E-state index in [1.54, 1.807) is 18.5 Å². The summed E-state index contributed by atoms with van der Waals surface area (Å²) < 4.78 is 0. The van der Waals surface area contributed by atoms with E-state index in [0.29, 0.717) is 15.9 Å². The van der Waals surface area contributed by atoms with Crippen LogP contribution in [0.4, 0.5) is 17.5 Å². The molecule has 5 rings (SSSR count). The van der Waals surface area contributed by atoms with Crippen molar-refractivity contribution in [2.75, 3.05) is 29.5 Å². The molecule has 2 aliphatic rings. The summed E-state index contributed by atoms with van der Waals surface area (Å²) in [5.74, 6) is 1.39. The van der Waals surface area contributed by atoms with Crippen molar-refractivity contribution in [2.45, 2.75) is 29.2 Å². The number of nitrogens with one attached hydrogen (secondary N) is 1. The van der Waals surface area contributed by atoms with Gasteiger partial charge < -0.3 is 21.8 Å². The maximum atomic E-state index is 8.75. The first-order valence-electron chi connectivity index (χ1n) is 10.1. The first-order chi connectivity index (χ1) is 15.0. The molecule has 1 fully saturated rings. The maximum absolute atomic E-state index is 8.75. The summed E-state index contributed by atoms with van der Waals surface area (Å²) in [7, 11) is 0. The predicted molar refractivity (Wildman–Crippen MR) is 125 cm³/mol. The molecule has 0 unspecified atom stereocenters. The molecule has 9 heteroatoms. The maximum Gasteiger partial charge on any atom is 0.158 e. The van der Waals surface area contributed by atoms with Gasteiger partial charge in [0.15, 0.2) is 5.82 Å². The van der Waals surface area contributed by atoms with E-state index in [1.165, 1.54) is 17.3 Å². The van der Waals surface area contributed by atoms with Crippen LogP contribution in [0.15, 0.2) is 52.6 Å². The number of benzene rings is 1. The molecule has 1 saturated heterocycles. The number of halogens is 1. The lowest BCUT2D eigenvalue weighted by molar-refractivity contribution is 0.328. The fraction of sp³-hybridized carbons (Fsp3) is 0.273. The predicted octanol–water partition coefficient (Wildman–Crippen LogP) is 4.05. The minimum atomic E-state index is -0.0625. The van der Waals surface area contributed by atoms with Crippen LogP contribution < -0.4 is 16.4 Å². The Kier molecular flexibility index (Phi) is 4.98. The lowest BCUT2D eigenvalue weighted by Gasteiger charge is -2.39. The Hall–Kier alpha value is -2.84. The largest absolute Gasteiger partial charge is 0.382 e. The highest BCUT2D eigenvalue weighted by atomic mass is 35.5. The average molecular weight is 452 g/mol. The van der Waals surface area contributed by atoms with E-state index in [2.05, 4.69) is 38.1 Å². The smallest absolute Gasteiger partial charge is 0.158 e. The molecule has 1 aromatic carbocycles. The molecular weight excluding hydrogens is 430 g/mol. The summed E-state index contributed by atoms with van der Waals surface area (Å²) in [6.45, 7) is 1.65. The molecule has 3 aromatic rings. The SMILES string of the molecule is N=C1c2ccccc2CC12CCN(c1cnc(Sc3ccnc(N)c3Cl)c(N)n1)CC2. The van der Waals surface area contributed by atoms with Crippen molar-refractivity contribution in [3.63, 3.8) is 0 Å². The number of hydrogen-bond donors (Lipinski definition) is 3. The number of nitrogens with two attached hydrogens (primary N) is 2. The van der Waals surface area contributed by atoms with Gasteiger partial charge in [-0.2, -0.15) is 0 Å². The summed E-state index contributed by atoms with van der Waals surface area (Å²) in [6, 6.07) is 10.1. The molecule has 5 N–H and O–H groups in total. The fourth-order valence-corrected chi connectivity index (χ4v) is 5.50. The highest BCUT2D eigenvalue weighted by Crippen LogP contribution is 2.45. The Morgan fingerprint density at radius 3 is 2.58 bits per heavy atom. The van der Waals surface area contributed by atoms with Gasteiger partial charge in [-0.25, -0.2) is 15.0 Å². The Bertz CT molecular complexity index is 1170. The van der Waals surface area contributed by atoms with E-state index in [4.69, 9.17) is 28.5 Å². The van der Waals surface area contributed by atoms with E-state index in [1.807, 2.05) is 6.07 Å². The number of fused-ring (bicyclic) bond motifs is 1. The number of anilines is 3. The zero-order chi connectivity index (χ0) is 21.6. The van der Waals surface area contributed by atoms with Gasteiger partial charge in [0.05, 0.1) is 11.2 Å². The number of nitrogens with zero attached hydrogens (tertiary/aromatic N) is 4. The van der Waals surface area contributed by atoms with Gasteiger partial charge in [0.2, 0.25) is 0 Å². The van der Waals surface area contributed by atoms with Crippen molar-refractivity contribution < 1.29 is 0 Å². The van der Waals surface area contributed by atoms with E-state index < -0.39 is 0 Å². The van der Waals surface area contributed by atoms with Crippen LogP contribution in [0.5, 0.6) is 0 Å². The number of pyridine rings is 1. The first-order valence-corrected chi connectivity index (χ1v) is 11.3. The number of rotatable bonds is 3. The minimum absolute atomic E-state index is 0.0625. The standard InChI is InChI=1S/C22H22ClN7S/c23-17-15(5-8-27-19(17)25)31-21-20(26)29-16(12-28-21)30-9-6-22(7-10-30)11-13-3-1-2-4-14(13)18(22)24/h1-5,8,12,24H,6-7,9-11H2,(H2,25,27)(H2,26,29).